The summed E-state index contributed by atoms with van der Waals surface area (Å²) in [4.78, 5) is 17.8. The Morgan fingerprint density at radius 3 is 2.66 bits per heavy atom. The summed E-state index contributed by atoms with van der Waals surface area (Å²) in [6, 6.07) is 15.8. The zero-order valence-corrected chi connectivity index (χ0v) is 18.1. The van der Waals surface area contributed by atoms with Crippen molar-refractivity contribution in [1.29, 1.82) is 5.26 Å². The number of aromatic nitrogens is 1. The molecule has 0 bridgehead atoms. The molecule has 0 saturated heterocycles. The molecule has 0 unspecified atom stereocenters. The van der Waals surface area contributed by atoms with Crippen LogP contribution in [0.25, 0.3) is 21.7 Å². The van der Waals surface area contributed by atoms with Gasteiger partial charge in [0.25, 0.3) is 0 Å². The number of benzene rings is 1. The molecule has 2 heterocycles. The van der Waals surface area contributed by atoms with Gasteiger partial charge in [-0.15, -0.1) is 11.3 Å². The predicted molar refractivity (Wildman–Crippen MR) is 118 cm³/mol. The highest BCUT2D eigenvalue weighted by Crippen LogP contribution is 2.35. The summed E-state index contributed by atoms with van der Waals surface area (Å²) >= 11 is 2.87. The van der Waals surface area contributed by atoms with Crippen molar-refractivity contribution in [2.45, 2.75) is 24.9 Å². The molecule has 5 nitrogen and oxygen atoms in total. The van der Waals surface area contributed by atoms with Crippen molar-refractivity contribution in [2.75, 3.05) is 12.9 Å². The van der Waals surface area contributed by atoms with Crippen LogP contribution in [0, 0.1) is 11.3 Å². The maximum absolute atomic E-state index is 12.1. The molecule has 1 N–H and O–H groups in total. The van der Waals surface area contributed by atoms with Gasteiger partial charge in [-0.1, -0.05) is 30.0 Å². The maximum atomic E-state index is 12.1. The molecule has 1 aromatic carbocycles. The molecule has 7 heteroatoms. The Bertz CT molecular complexity index is 1020. The van der Waals surface area contributed by atoms with Crippen LogP contribution in [0.1, 0.15) is 19.4 Å². The van der Waals surface area contributed by atoms with Crippen LogP contribution >= 0.6 is 23.1 Å². The fraction of sp³-hybridized carbons (Fsp3) is 0.227. The van der Waals surface area contributed by atoms with Crippen molar-refractivity contribution in [1.82, 2.24) is 10.3 Å². The number of nitrogens with one attached hydrogen (secondary N) is 1. The first kappa shape index (κ1) is 20.9. The number of hydrogen-bond acceptors (Lipinski definition) is 6. The van der Waals surface area contributed by atoms with Crippen LogP contribution in [0.15, 0.2) is 52.9 Å². The van der Waals surface area contributed by atoms with Gasteiger partial charge in [0.05, 0.1) is 29.0 Å². The van der Waals surface area contributed by atoms with Gasteiger partial charge in [0.1, 0.15) is 16.8 Å². The third-order valence-corrected chi connectivity index (χ3v) is 5.93. The van der Waals surface area contributed by atoms with Gasteiger partial charge in [-0.3, -0.25) is 4.79 Å². The Kier molecular flexibility index (Phi) is 6.91. The number of carbonyl (C=O) groups is 1. The van der Waals surface area contributed by atoms with Crippen LogP contribution in [0.2, 0.25) is 0 Å². The summed E-state index contributed by atoms with van der Waals surface area (Å²) in [5, 5.41) is 15.3. The van der Waals surface area contributed by atoms with Crippen molar-refractivity contribution < 1.29 is 9.53 Å². The Morgan fingerprint density at radius 1 is 1.31 bits per heavy atom. The monoisotopic (exact) mass is 423 g/mol. The molecule has 0 fully saturated rings. The zero-order valence-electron chi connectivity index (χ0n) is 16.4. The van der Waals surface area contributed by atoms with Crippen LogP contribution in [-0.4, -0.2) is 29.8 Å². The SMILES string of the molecule is COc1ccc(-c2cc(-c3cccs3)nc(SCC(=O)NC(C)C)c2C#N)cc1. The molecule has 3 aromatic rings. The van der Waals surface area contributed by atoms with E-state index >= 15 is 0 Å². The highest BCUT2D eigenvalue weighted by Gasteiger charge is 2.17. The second-order valence-corrected chi connectivity index (χ2v) is 8.48. The van der Waals surface area contributed by atoms with Crippen LogP contribution in [0.4, 0.5) is 0 Å². The first-order valence-electron chi connectivity index (χ1n) is 9.07. The van der Waals surface area contributed by atoms with Gasteiger partial charge in [0.15, 0.2) is 0 Å². The van der Waals surface area contributed by atoms with Crippen molar-refractivity contribution in [3.63, 3.8) is 0 Å². The number of thioether (sulfide) groups is 1. The zero-order chi connectivity index (χ0) is 20.8. The second kappa shape index (κ2) is 9.59. The van der Waals surface area contributed by atoms with Crippen LogP contribution < -0.4 is 10.1 Å². The quantitative estimate of drug-likeness (QED) is 0.543. The Morgan fingerprint density at radius 2 is 2.07 bits per heavy atom. The minimum absolute atomic E-state index is 0.0683. The summed E-state index contributed by atoms with van der Waals surface area (Å²) < 4.78 is 5.24. The summed E-state index contributed by atoms with van der Waals surface area (Å²) in [5.41, 5.74) is 2.95. The smallest absolute Gasteiger partial charge is 0.230 e. The highest BCUT2D eigenvalue weighted by atomic mass is 32.2. The molecule has 0 aliphatic carbocycles. The first-order valence-corrected chi connectivity index (χ1v) is 10.9. The van der Waals surface area contributed by atoms with E-state index in [0.717, 1.165) is 27.4 Å². The van der Waals surface area contributed by atoms with E-state index in [1.165, 1.54) is 11.8 Å². The molecular formula is C22H21N3O2S2. The number of hydrogen-bond donors (Lipinski definition) is 1. The number of carbonyl (C=O) groups excluding carboxylic acids is 1. The van der Waals surface area contributed by atoms with E-state index in [4.69, 9.17) is 9.72 Å². The van der Waals surface area contributed by atoms with Crippen molar-refractivity contribution in [2.24, 2.45) is 0 Å². The number of pyridine rings is 1. The van der Waals surface area contributed by atoms with Crippen molar-refractivity contribution >= 4 is 29.0 Å². The number of thiophene rings is 1. The average Bonchev–Trinajstić information content (AvgIpc) is 3.26. The number of rotatable bonds is 7. The summed E-state index contributed by atoms with van der Waals surface area (Å²) in [7, 11) is 1.62. The number of nitrogens with zero attached hydrogens (tertiary/aromatic N) is 2. The molecular weight excluding hydrogens is 402 g/mol. The van der Waals surface area contributed by atoms with Crippen LogP contribution in [0.5, 0.6) is 5.75 Å². The number of methoxy groups -OCH3 is 1. The van der Waals surface area contributed by atoms with Crippen molar-refractivity contribution in [3.8, 4) is 33.5 Å². The molecule has 1 amide bonds. The van der Waals surface area contributed by atoms with Gasteiger partial charge in [-0.2, -0.15) is 5.26 Å². The topological polar surface area (TPSA) is 75.0 Å². The number of nitriles is 1. The lowest BCUT2D eigenvalue weighted by Crippen LogP contribution is -2.31. The van der Waals surface area contributed by atoms with E-state index in [0.29, 0.717) is 10.6 Å². The molecule has 0 spiro atoms. The van der Waals surface area contributed by atoms with E-state index in [9.17, 15) is 10.1 Å². The van der Waals surface area contributed by atoms with E-state index in [-0.39, 0.29) is 17.7 Å². The molecule has 0 atom stereocenters. The maximum Gasteiger partial charge on any atom is 0.230 e. The van der Waals surface area contributed by atoms with Gasteiger partial charge in [-0.05, 0) is 49.1 Å². The Labute approximate surface area is 178 Å². The van der Waals surface area contributed by atoms with Gasteiger partial charge in [0.2, 0.25) is 5.91 Å². The molecule has 2 aromatic heterocycles. The van der Waals surface area contributed by atoms with Gasteiger partial charge in [-0.25, -0.2) is 4.98 Å². The van der Waals surface area contributed by atoms with E-state index < -0.39 is 0 Å². The van der Waals surface area contributed by atoms with Gasteiger partial charge >= 0.3 is 0 Å². The summed E-state index contributed by atoms with van der Waals surface area (Å²) in [5.74, 6) is 0.874. The Hall–Kier alpha value is -2.82. The normalized spacial score (nSPS) is 10.6. The lowest BCUT2D eigenvalue weighted by atomic mass is 10.0. The standard InChI is InChI=1S/C22H21N3O2S2/c1-14(2)24-21(26)13-29-22-18(12-23)17(15-6-8-16(27-3)9-7-15)11-19(25-22)20-5-4-10-28-20/h4-11,14H,13H2,1-3H3,(H,24,26). The molecule has 0 radical (unpaired) electrons. The van der Waals surface area contributed by atoms with Crippen molar-refractivity contribution in [3.05, 3.63) is 53.4 Å². The fourth-order valence-electron chi connectivity index (χ4n) is 2.78. The third-order valence-electron chi connectivity index (χ3n) is 4.06. The molecule has 3 rings (SSSR count). The molecule has 0 saturated carbocycles. The first-order chi connectivity index (χ1) is 14.0. The molecule has 0 aliphatic heterocycles. The van der Waals surface area contributed by atoms with Crippen LogP contribution in [-0.2, 0) is 4.79 Å². The van der Waals surface area contributed by atoms with E-state index in [2.05, 4.69) is 11.4 Å². The minimum Gasteiger partial charge on any atom is -0.497 e. The van der Waals surface area contributed by atoms with Crippen LogP contribution in [0.3, 0.4) is 0 Å². The Balaban J connectivity index is 2.05. The lowest BCUT2D eigenvalue weighted by molar-refractivity contribution is -0.119. The predicted octanol–water partition coefficient (Wildman–Crippen LogP) is 4.97. The minimum atomic E-state index is -0.0804. The third kappa shape index (κ3) is 5.17. The average molecular weight is 424 g/mol. The van der Waals surface area contributed by atoms with E-state index in [1.54, 1.807) is 18.4 Å². The second-order valence-electron chi connectivity index (χ2n) is 6.56. The van der Waals surface area contributed by atoms with Gasteiger partial charge < -0.3 is 10.1 Å². The number of ether oxygens (including phenoxy) is 1. The van der Waals surface area contributed by atoms with Gasteiger partial charge in [0, 0.05) is 11.6 Å². The summed E-state index contributed by atoms with van der Waals surface area (Å²) in [6.45, 7) is 3.83. The number of amides is 1. The highest BCUT2D eigenvalue weighted by molar-refractivity contribution is 8.00. The molecule has 29 heavy (non-hydrogen) atoms. The molecule has 148 valence electrons. The lowest BCUT2D eigenvalue weighted by Gasteiger charge is -2.13. The summed E-state index contributed by atoms with van der Waals surface area (Å²) in [6.07, 6.45) is 0. The van der Waals surface area contributed by atoms with E-state index in [1.807, 2.05) is 61.7 Å². The fourth-order valence-corrected chi connectivity index (χ4v) is 4.28. The molecule has 0 aliphatic rings. The largest absolute Gasteiger partial charge is 0.497 e.